The predicted octanol–water partition coefficient (Wildman–Crippen LogP) is 6.02. The highest BCUT2D eigenvalue weighted by Gasteiger charge is 2.32. The van der Waals surface area contributed by atoms with E-state index in [2.05, 4.69) is 57.3 Å². The molecule has 0 fully saturated rings. The Morgan fingerprint density at radius 2 is 1.96 bits per heavy atom. The van der Waals surface area contributed by atoms with E-state index in [1.807, 2.05) is 24.4 Å². The molecule has 2 aliphatic rings. The van der Waals surface area contributed by atoms with Crippen LogP contribution in [0.2, 0.25) is 0 Å². The van der Waals surface area contributed by atoms with Crippen LogP contribution in [-0.4, -0.2) is 10.2 Å². The van der Waals surface area contributed by atoms with Crippen molar-refractivity contribution in [1.82, 2.24) is 10.2 Å². The van der Waals surface area contributed by atoms with Gasteiger partial charge in [0.1, 0.15) is 0 Å². The number of halogens is 1. The molecule has 1 aromatic heterocycles. The molecule has 3 heteroatoms. The van der Waals surface area contributed by atoms with Gasteiger partial charge in [0.05, 0.1) is 11.7 Å². The lowest BCUT2D eigenvalue weighted by atomic mass is 9.88. The molecule has 0 aliphatic heterocycles. The fourth-order valence-electron chi connectivity index (χ4n) is 3.90. The molecule has 24 heavy (non-hydrogen) atoms. The third-order valence-corrected chi connectivity index (χ3v) is 5.89. The Balaban J connectivity index is 0.000000177. The SMILES string of the molecule is BrC1=C2c3ccc4[nH]ncc4c3CC2CCC1.Cc1ccccc1. The molecule has 0 saturated carbocycles. The smallest absolute Gasteiger partial charge is 0.0653 e. The van der Waals surface area contributed by atoms with E-state index in [1.54, 1.807) is 5.57 Å². The summed E-state index contributed by atoms with van der Waals surface area (Å²) in [4.78, 5) is 0. The first-order valence-corrected chi connectivity index (χ1v) is 9.39. The molecule has 2 nitrogen and oxygen atoms in total. The van der Waals surface area contributed by atoms with Crippen molar-refractivity contribution in [3.05, 3.63) is 69.8 Å². The van der Waals surface area contributed by atoms with Gasteiger partial charge in [0.15, 0.2) is 0 Å². The number of aryl methyl sites for hydroxylation is 1. The summed E-state index contributed by atoms with van der Waals surface area (Å²) in [5, 5.41) is 8.54. The topological polar surface area (TPSA) is 28.7 Å². The fourth-order valence-corrected chi connectivity index (χ4v) is 4.72. The quantitative estimate of drug-likeness (QED) is 0.507. The van der Waals surface area contributed by atoms with Crippen molar-refractivity contribution in [3.8, 4) is 0 Å². The van der Waals surface area contributed by atoms with Crippen LogP contribution in [0.5, 0.6) is 0 Å². The lowest BCUT2D eigenvalue weighted by Gasteiger charge is -2.20. The number of nitrogens with one attached hydrogen (secondary N) is 1. The molecule has 0 bridgehead atoms. The minimum absolute atomic E-state index is 0.730. The predicted molar refractivity (Wildman–Crippen MR) is 104 cm³/mol. The molecule has 122 valence electrons. The van der Waals surface area contributed by atoms with Crippen LogP contribution in [0.1, 0.15) is 36.0 Å². The van der Waals surface area contributed by atoms with E-state index >= 15 is 0 Å². The van der Waals surface area contributed by atoms with E-state index < -0.39 is 0 Å². The Bertz CT molecular complexity index is 893. The monoisotopic (exact) mass is 380 g/mol. The van der Waals surface area contributed by atoms with Crippen LogP contribution in [0.25, 0.3) is 16.5 Å². The number of H-pyrrole nitrogens is 1. The third-order valence-electron chi connectivity index (χ3n) is 5.07. The number of aromatic amines is 1. The van der Waals surface area contributed by atoms with E-state index in [0.717, 1.165) is 5.92 Å². The zero-order valence-electron chi connectivity index (χ0n) is 13.8. The number of aromatic nitrogens is 2. The number of hydrogen-bond acceptors (Lipinski definition) is 1. The maximum absolute atomic E-state index is 4.16. The van der Waals surface area contributed by atoms with Gasteiger partial charge in [-0.25, -0.2) is 0 Å². The summed E-state index contributed by atoms with van der Waals surface area (Å²) in [5.41, 5.74) is 7.00. The molecule has 1 unspecified atom stereocenters. The Morgan fingerprint density at radius 1 is 1.12 bits per heavy atom. The standard InChI is InChI=1S/C14H13BrN2.C7H8/c15-12-3-1-2-8-6-10-9(14(8)12)4-5-13-11(10)7-16-17-13;1-7-5-3-2-4-6-7/h4-5,7-8H,1-3,6H2,(H,16,17);2-6H,1H3. The average Bonchev–Trinajstić information content (AvgIpc) is 3.20. The molecule has 5 rings (SSSR count). The Morgan fingerprint density at radius 3 is 2.71 bits per heavy atom. The molecule has 1 atom stereocenters. The van der Waals surface area contributed by atoms with Crippen molar-refractivity contribution < 1.29 is 0 Å². The van der Waals surface area contributed by atoms with Crippen molar-refractivity contribution in [2.75, 3.05) is 0 Å². The Labute approximate surface area is 151 Å². The highest BCUT2D eigenvalue weighted by Crippen LogP contribution is 2.48. The van der Waals surface area contributed by atoms with E-state index in [9.17, 15) is 0 Å². The number of rotatable bonds is 0. The Kier molecular flexibility index (Phi) is 4.28. The first-order chi connectivity index (χ1) is 11.7. The van der Waals surface area contributed by atoms with Gasteiger partial charge >= 0.3 is 0 Å². The fraction of sp³-hybridized carbons (Fsp3) is 0.286. The van der Waals surface area contributed by atoms with E-state index in [4.69, 9.17) is 0 Å². The van der Waals surface area contributed by atoms with Crippen LogP contribution in [0, 0.1) is 12.8 Å². The van der Waals surface area contributed by atoms with Gasteiger partial charge in [-0.3, -0.25) is 5.10 Å². The number of hydrogen-bond donors (Lipinski definition) is 1. The van der Waals surface area contributed by atoms with E-state index in [-0.39, 0.29) is 0 Å². The minimum atomic E-state index is 0.730. The van der Waals surface area contributed by atoms with Gasteiger partial charge in [0.2, 0.25) is 0 Å². The maximum atomic E-state index is 4.16. The first-order valence-electron chi connectivity index (χ1n) is 8.59. The van der Waals surface area contributed by atoms with E-state index in [0.29, 0.717) is 0 Å². The highest BCUT2D eigenvalue weighted by atomic mass is 79.9. The van der Waals surface area contributed by atoms with Crippen molar-refractivity contribution >= 4 is 32.4 Å². The molecule has 1 N–H and O–H groups in total. The average molecular weight is 381 g/mol. The summed E-state index contributed by atoms with van der Waals surface area (Å²) in [6.07, 6.45) is 7.01. The summed E-state index contributed by atoms with van der Waals surface area (Å²) in [6, 6.07) is 14.7. The summed E-state index contributed by atoms with van der Waals surface area (Å²) in [6.45, 7) is 2.08. The minimum Gasteiger partial charge on any atom is -0.278 e. The first kappa shape index (κ1) is 15.6. The molecule has 0 amide bonds. The van der Waals surface area contributed by atoms with Crippen LogP contribution in [-0.2, 0) is 6.42 Å². The van der Waals surface area contributed by atoms with Gasteiger partial charge in [0, 0.05) is 5.39 Å². The van der Waals surface area contributed by atoms with Gasteiger partial charge in [-0.1, -0.05) is 57.9 Å². The summed E-state index contributed by atoms with van der Waals surface area (Å²) in [5.74, 6) is 0.730. The lowest BCUT2D eigenvalue weighted by molar-refractivity contribution is 0.572. The summed E-state index contributed by atoms with van der Waals surface area (Å²) < 4.78 is 1.43. The van der Waals surface area contributed by atoms with Crippen LogP contribution in [0.4, 0.5) is 0 Å². The zero-order chi connectivity index (χ0) is 16.5. The number of fused-ring (bicyclic) bond motifs is 5. The number of benzene rings is 2. The molecule has 0 spiro atoms. The van der Waals surface area contributed by atoms with Gasteiger partial charge in [-0.05, 0) is 65.8 Å². The molecular formula is C21H21BrN2. The second-order valence-electron chi connectivity index (χ2n) is 6.69. The lowest BCUT2D eigenvalue weighted by Crippen LogP contribution is -2.05. The molecule has 3 aromatic rings. The second-order valence-corrected chi connectivity index (χ2v) is 7.65. The summed E-state index contributed by atoms with van der Waals surface area (Å²) in [7, 11) is 0. The molecule has 1 heterocycles. The van der Waals surface area contributed by atoms with Crippen molar-refractivity contribution in [2.24, 2.45) is 5.92 Å². The van der Waals surface area contributed by atoms with Crippen LogP contribution < -0.4 is 0 Å². The van der Waals surface area contributed by atoms with Crippen LogP contribution >= 0.6 is 15.9 Å². The van der Waals surface area contributed by atoms with E-state index in [1.165, 1.54) is 57.8 Å². The molecule has 2 aliphatic carbocycles. The van der Waals surface area contributed by atoms with Gasteiger partial charge in [-0.15, -0.1) is 0 Å². The molecule has 0 radical (unpaired) electrons. The normalized spacial score (nSPS) is 18.8. The molecule has 0 saturated heterocycles. The van der Waals surface area contributed by atoms with Crippen LogP contribution in [0.3, 0.4) is 0 Å². The number of allylic oxidation sites excluding steroid dienone is 2. The third kappa shape index (κ3) is 2.82. The van der Waals surface area contributed by atoms with Crippen molar-refractivity contribution in [1.29, 1.82) is 0 Å². The van der Waals surface area contributed by atoms with Crippen molar-refractivity contribution in [2.45, 2.75) is 32.6 Å². The molecular weight excluding hydrogens is 360 g/mol. The van der Waals surface area contributed by atoms with Gasteiger partial charge in [-0.2, -0.15) is 5.10 Å². The highest BCUT2D eigenvalue weighted by molar-refractivity contribution is 9.11. The largest absolute Gasteiger partial charge is 0.278 e. The van der Waals surface area contributed by atoms with Crippen molar-refractivity contribution in [3.63, 3.8) is 0 Å². The van der Waals surface area contributed by atoms with Gasteiger partial charge < -0.3 is 0 Å². The Hall–Kier alpha value is -1.87. The molecule has 2 aromatic carbocycles. The van der Waals surface area contributed by atoms with Crippen LogP contribution in [0.15, 0.2) is 53.1 Å². The zero-order valence-corrected chi connectivity index (χ0v) is 15.4. The number of nitrogens with zero attached hydrogens (tertiary/aromatic N) is 1. The maximum Gasteiger partial charge on any atom is 0.0653 e. The second kappa shape index (κ2) is 6.56. The van der Waals surface area contributed by atoms with Gasteiger partial charge in [0.25, 0.3) is 0 Å². The summed E-state index contributed by atoms with van der Waals surface area (Å²) >= 11 is 3.78.